The van der Waals surface area contributed by atoms with Crippen molar-refractivity contribution < 1.29 is 0 Å². The number of unbranched alkanes of at least 4 members (excludes halogenated alkanes) is 4. The van der Waals surface area contributed by atoms with Crippen molar-refractivity contribution in [3.63, 3.8) is 0 Å². The van der Waals surface area contributed by atoms with Crippen LogP contribution in [0, 0.1) is 0 Å². The maximum absolute atomic E-state index is 6.23. The van der Waals surface area contributed by atoms with Gasteiger partial charge in [-0.15, -0.1) is 0 Å². The number of allylic oxidation sites excluding steroid dienone is 7. The molecule has 0 fully saturated rings. The van der Waals surface area contributed by atoms with Crippen molar-refractivity contribution >= 4 is 18.4 Å². The van der Waals surface area contributed by atoms with E-state index in [9.17, 15) is 0 Å². The maximum atomic E-state index is 6.23. The van der Waals surface area contributed by atoms with Gasteiger partial charge in [-0.3, -0.25) is 0 Å². The summed E-state index contributed by atoms with van der Waals surface area (Å²) in [6.45, 7) is 11.5. The second-order valence-corrected chi connectivity index (χ2v) is 22.2. The Morgan fingerprint density at radius 2 is 1.26 bits per heavy atom. The molecule has 2 heteroatoms. The molecule has 0 spiro atoms. The van der Waals surface area contributed by atoms with Crippen molar-refractivity contribution in [1.29, 1.82) is 0 Å². The third-order valence-electron chi connectivity index (χ3n) is 6.00. The molecule has 0 rings (SSSR count). The van der Waals surface area contributed by atoms with Crippen molar-refractivity contribution in [2.45, 2.75) is 118 Å². The first kappa shape index (κ1) is 30.5. The van der Waals surface area contributed by atoms with Gasteiger partial charge in [0, 0.05) is 0 Å². The van der Waals surface area contributed by atoms with Gasteiger partial charge in [-0.1, -0.05) is 19.4 Å². The van der Waals surface area contributed by atoms with Crippen LogP contribution < -0.4 is 5.73 Å². The minimum absolute atomic E-state index is 0.206. The number of nitrogens with two attached hydrogens (primary N) is 1. The van der Waals surface area contributed by atoms with Crippen molar-refractivity contribution in [2.75, 3.05) is 0 Å². The minimum atomic E-state index is -2.15. The fourth-order valence-electron chi connectivity index (χ4n) is 3.82. The van der Waals surface area contributed by atoms with E-state index in [0.29, 0.717) is 0 Å². The number of hydrogen-bond acceptors (Lipinski definition) is 1. The fraction of sp³-hybridized carbons (Fsp3) is 0.655. The van der Waals surface area contributed by atoms with E-state index in [2.05, 4.69) is 87.3 Å². The molecule has 0 saturated heterocycles. The summed E-state index contributed by atoms with van der Waals surface area (Å²) in [4.78, 5) is 0. The van der Waals surface area contributed by atoms with Crippen molar-refractivity contribution in [3.8, 4) is 0 Å². The monoisotopic (exact) mass is 535 g/mol. The first-order valence-corrected chi connectivity index (χ1v) is 20.8. The Balaban J connectivity index is 4.78. The van der Waals surface area contributed by atoms with Gasteiger partial charge in [-0.2, -0.15) is 0 Å². The van der Waals surface area contributed by atoms with Gasteiger partial charge < -0.3 is 0 Å². The molecule has 0 aromatic heterocycles. The number of rotatable bonds is 19. The molecule has 178 valence electrons. The van der Waals surface area contributed by atoms with Crippen LogP contribution in [-0.4, -0.2) is 24.4 Å². The van der Waals surface area contributed by atoms with Gasteiger partial charge in [0.1, 0.15) is 0 Å². The van der Waals surface area contributed by atoms with E-state index in [1.807, 2.05) is 0 Å². The van der Waals surface area contributed by atoms with Crippen LogP contribution in [0.15, 0.2) is 58.3 Å². The van der Waals surface area contributed by atoms with Gasteiger partial charge >= 0.3 is 175 Å². The molecule has 0 unspecified atom stereocenters. The summed E-state index contributed by atoms with van der Waals surface area (Å²) in [5.74, 6) is 0. The molecule has 0 heterocycles. The fourth-order valence-corrected chi connectivity index (χ4v) is 18.2. The molecular formula is C29H53NSn. The molecular weight excluding hydrogens is 481 g/mol. The molecule has 0 amide bonds. The Morgan fingerprint density at radius 1 is 0.742 bits per heavy atom. The van der Waals surface area contributed by atoms with Gasteiger partial charge in [0.25, 0.3) is 0 Å². The Morgan fingerprint density at radius 3 is 1.77 bits per heavy atom. The molecule has 0 aromatic rings. The standard InChI is InChI=1S/C17H26N.3C4H9.Sn/c1-4-6-7-8-9-10-14-17(18)15-12-11-13-16(3)5-2;3*1-3-4-2;/h2,5,7-13,17H,4,6,14-15,18H2,1,3H3;3*1,3-4H2,2H3;/b5-2?,8-7+,10-9+,12-11+,16-13+;;;;/t17-;;;;/m1..../s1. The SMILES string of the molecule is CCC/C=C/C=C/C[C@@H](N)C/C=C/C=C(C)/C=[CH]/[Sn]([CH2]CCC)([CH2]CCC)[CH2]CCC. The molecule has 1 nitrogen and oxygen atoms in total. The second-order valence-electron chi connectivity index (χ2n) is 9.22. The first-order valence-electron chi connectivity index (χ1n) is 13.1. The first-order chi connectivity index (χ1) is 15.0. The van der Waals surface area contributed by atoms with E-state index in [1.54, 1.807) is 13.3 Å². The predicted octanol–water partition coefficient (Wildman–Crippen LogP) is 9.45. The van der Waals surface area contributed by atoms with E-state index in [1.165, 1.54) is 50.5 Å². The Labute approximate surface area is 199 Å². The second kappa shape index (κ2) is 21.3. The summed E-state index contributed by atoms with van der Waals surface area (Å²) in [5.41, 5.74) is 7.62. The van der Waals surface area contributed by atoms with Crippen LogP contribution >= 0.6 is 0 Å². The molecule has 0 radical (unpaired) electrons. The summed E-state index contributed by atoms with van der Waals surface area (Å²) < 4.78 is 7.39. The van der Waals surface area contributed by atoms with Crippen LogP contribution in [0.5, 0.6) is 0 Å². The Bertz CT molecular complexity index is 531. The van der Waals surface area contributed by atoms with Crippen molar-refractivity contribution in [1.82, 2.24) is 0 Å². The molecule has 0 aliphatic heterocycles. The van der Waals surface area contributed by atoms with Gasteiger partial charge in [0.2, 0.25) is 0 Å². The molecule has 0 saturated carbocycles. The zero-order chi connectivity index (χ0) is 23.2. The quantitative estimate of drug-likeness (QED) is 0.130. The van der Waals surface area contributed by atoms with Crippen LogP contribution in [0.25, 0.3) is 0 Å². The van der Waals surface area contributed by atoms with E-state index in [0.717, 1.165) is 19.3 Å². The van der Waals surface area contributed by atoms with Crippen molar-refractivity contribution in [3.05, 3.63) is 58.3 Å². The van der Waals surface area contributed by atoms with Crippen LogP contribution in [0.2, 0.25) is 13.3 Å². The molecule has 2 N–H and O–H groups in total. The van der Waals surface area contributed by atoms with E-state index < -0.39 is 18.4 Å². The average Bonchev–Trinajstić information content (AvgIpc) is 2.78. The molecule has 0 bridgehead atoms. The summed E-state index contributed by atoms with van der Waals surface area (Å²) in [5, 5.41) is 0. The Hall–Kier alpha value is -0.541. The van der Waals surface area contributed by atoms with Crippen LogP contribution in [-0.2, 0) is 0 Å². The zero-order valence-corrected chi connectivity index (χ0v) is 24.4. The van der Waals surface area contributed by atoms with Crippen molar-refractivity contribution in [2.24, 2.45) is 5.73 Å². The summed E-state index contributed by atoms with van der Waals surface area (Å²) in [7, 11) is 0. The normalized spacial score (nSPS) is 14.7. The van der Waals surface area contributed by atoms with E-state index >= 15 is 0 Å². The topological polar surface area (TPSA) is 26.0 Å². The zero-order valence-electron chi connectivity index (χ0n) is 21.5. The number of hydrogen-bond donors (Lipinski definition) is 1. The van der Waals surface area contributed by atoms with Gasteiger partial charge in [0.15, 0.2) is 0 Å². The molecule has 31 heavy (non-hydrogen) atoms. The van der Waals surface area contributed by atoms with E-state index in [-0.39, 0.29) is 6.04 Å². The van der Waals surface area contributed by atoms with Crippen LogP contribution in [0.1, 0.15) is 98.8 Å². The summed E-state index contributed by atoms with van der Waals surface area (Å²) >= 11 is -2.15. The molecule has 0 aliphatic rings. The predicted molar refractivity (Wildman–Crippen MR) is 147 cm³/mol. The molecule has 0 aromatic carbocycles. The van der Waals surface area contributed by atoms with E-state index in [4.69, 9.17) is 5.73 Å². The summed E-state index contributed by atoms with van der Waals surface area (Å²) in [6, 6.07) is 0.206. The average molecular weight is 534 g/mol. The third kappa shape index (κ3) is 17.7. The molecule has 0 aliphatic carbocycles. The van der Waals surface area contributed by atoms with Crippen LogP contribution in [0.3, 0.4) is 0 Å². The van der Waals surface area contributed by atoms with Gasteiger partial charge in [-0.05, 0) is 6.42 Å². The Kier molecular flexibility index (Phi) is 20.9. The summed E-state index contributed by atoms with van der Waals surface area (Å²) in [6.07, 6.45) is 30.4. The molecule has 1 atom stereocenters. The third-order valence-corrected chi connectivity index (χ3v) is 20.0. The van der Waals surface area contributed by atoms with Crippen LogP contribution in [0.4, 0.5) is 0 Å². The van der Waals surface area contributed by atoms with Gasteiger partial charge in [-0.25, -0.2) is 0 Å². The van der Waals surface area contributed by atoms with Gasteiger partial charge in [0.05, 0.1) is 0 Å².